The predicted molar refractivity (Wildman–Crippen MR) is 84.0 cm³/mol. The van der Waals surface area contributed by atoms with E-state index in [1.807, 2.05) is 30.3 Å². The van der Waals surface area contributed by atoms with Crippen molar-refractivity contribution in [1.82, 2.24) is 0 Å². The average Bonchev–Trinajstić information content (AvgIpc) is 2.86. The van der Waals surface area contributed by atoms with E-state index in [2.05, 4.69) is 25.1 Å². The standard InChI is InChI=1S/C16H14ClNS/c1-10-6-9-15(19-10)16(18)13-7-8-14(17)12-5-3-2-4-11(12)13/h2-9,16H,18H2,1H3. The highest BCUT2D eigenvalue weighted by atomic mass is 35.5. The lowest BCUT2D eigenvalue weighted by Crippen LogP contribution is -2.10. The van der Waals surface area contributed by atoms with Crippen molar-refractivity contribution < 1.29 is 0 Å². The highest BCUT2D eigenvalue weighted by Gasteiger charge is 2.14. The molecule has 1 heterocycles. The molecule has 0 amide bonds. The number of hydrogen-bond donors (Lipinski definition) is 1. The first-order valence-corrected chi connectivity index (χ1v) is 7.35. The van der Waals surface area contributed by atoms with Crippen LogP contribution in [0.5, 0.6) is 0 Å². The molecule has 0 spiro atoms. The van der Waals surface area contributed by atoms with Gasteiger partial charge in [0.05, 0.1) is 6.04 Å². The monoisotopic (exact) mass is 287 g/mol. The molecule has 2 N–H and O–H groups in total. The Bertz CT molecular complexity index is 732. The number of nitrogens with two attached hydrogens (primary N) is 1. The summed E-state index contributed by atoms with van der Waals surface area (Å²) in [5.74, 6) is 0. The van der Waals surface area contributed by atoms with Crippen molar-refractivity contribution in [1.29, 1.82) is 0 Å². The van der Waals surface area contributed by atoms with Crippen molar-refractivity contribution in [3.63, 3.8) is 0 Å². The van der Waals surface area contributed by atoms with Gasteiger partial charge in [0.15, 0.2) is 0 Å². The summed E-state index contributed by atoms with van der Waals surface area (Å²) in [5.41, 5.74) is 7.54. The number of hydrogen-bond acceptors (Lipinski definition) is 2. The molecule has 0 aliphatic carbocycles. The van der Waals surface area contributed by atoms with Gasteiger partial charge in [-0.15, -0.1) is 11.3 Å². The van der Waals surface area contributed by atoms with Crippen molar-refractivity contribution in [3.05, 3.63) is 68.9 Å². The van der Waals surface area contributed by atoms with Crippen molar-refractivity contribution in [2.45, 2.75) is 13.0 Å². The summed E-state index contributed by atoms with van der Waals surface area (Å²) in [7, 11) is 0. The van der Waals surface area contributed by atoms with Crippen LogP contribution in [0.4, 0.5) is 0 Å². The molecule has 0 bridgehead atoms. The maximum atomic E-state index is 6.41. The van der Waals surface area contributed by atoms with Gasteiger partial charge in [-0.1, -0.05) is 41.9 Å². The Hall–Kier alpha value is -1.35. The zero-order chi connectivity index (χ0) is 13.4. The minimum Gasteiger partial charge on any atom is -0.320 e. The van der Waals surface area contributed by atoms with Crippen molar-refractivity contribution in [2.24, 2.45) is 5.73 Å². The molecule has 3 aromatic rings. The minimum atomic E-state index is -0.0964. The summed E-state index contributed by atoms with van der Waals surface area (Å²) in [6.45, 7) is 2.10. The van der Waals surface area contributed by atoms with Gasteiger partial charge in [0.1, 0.15) is 0 Å². The van der Waals surface area contributed by atoms with Crippen LogP contribution in [0.25, 0.3) is 10.8 Å². The fourth-order valence-corrected chi connectivity index (χ4v) is 3.46. The van der Waals surface area contributed by atoms with Crippen LogP contribution in [0.1, 0.15) is 21.4 Å². The molecule has 3 heteroatoms. The van der Waals surface area contributed by atoms with E-state index in [4.69, 9.17) is 17.3 Å². The molecule has 0 aliphatic rings. The smallest absolute Gasteiger partial charge is 0.0652 e. The first-order chi connectivity index (χ1) is 9.16. The van der Waals surface area contributed by atoms with Crippen LogP contribution < -0.4 is 5.73 Å². The molecule has 0 fully saturated rings. The van der Waals surface area contributed by atoms with Crippen LogP contribution in [0, 0.1) is 6.92 Å². The van der Waals surface area contributed by atoms with Gasteiger partial charge in [0.25, 0.3) is 0 Å². The van der Waals surface area contributed by atoms with Crippen LogP contribution in [0.3, 0.4) is 0 Å². The van der Waals surface area contributed by atoms with Crippen LogP contribution in [0.15, 0.2) is 48.5 Å². The Balaban J connectivity index is 2.18. The largest absolute Gasteiger partial charge is 0.320 e. The molecule has 2 aromatic carbocycles. The van der Waals surface area contributed by atoms with E-state index >= 15 is 0 Å². The summed E-state index contributed by atoms with van der Waals surface area (Å²) in [6, 6.07) is 16.2. The van der Waals surface area contributed by atoms with Crippen molar-refractivity contribution >= 4 is 33.7 Å². The van der Waals surface area contributed by atoms with Gasteiger partial charge in [0, 0.05) is 20.2 Å². The minimum absolute atomic E-state index is 0.0964. The second-order valence-electron chi connectivity index (χ2n) is 4.61. The SMILES string of the molecule is Cc1ccc(C(N)c2ccc(Cl)c3ccccc23)s1. The number of rotatable bonds is 2. The zero-order valence-corrected chi connectivity index (χ0v) is 12.1. The highest BCUT2D eigenvalue weighted by molar-refractivity contribution is 7.12. The molecule has 96 valence electrons. The second-order valence-corrected chi connectivity index (χ2v) is 6.33. The molecular formula is C16H14ClNS. The summed E-state index contributed by atoms with van der Waals surface area (Å²) in [4.78, 5) is 2.47. The molecule has 1 unspecified atom stereocenters. The van der Waals surface area contributed by atoms with E-state index in [1.54, 1.807) is 11.3 Å². The Kier molecular flexibility index (Phi) is 3.31. The molecule has 1 atom stereocenters. The summed E-state index contributed by atoms with van der Waals surface area (Å²) in [5, 5.41) is 2.97. The molecule has 0 saturated carbocycles. The Morgan fingerprint density at radius 3 is 2.42 bits per heavy atom. The van der Waals surface area contributed by atoms with E-state index in [0.717, 1.165) is 21.4 Å². The molecule has 0 aliphatic heterocycles. The normalized spacial score (nSPS) is 12.8. The highest BCUT2D eigenvalue weighted by Crippen LogP contribution is 2.33. The zero-order valence-electron chi connectivity index (χ0n) is 10.6. The fourth-order valence-electron chi connectivity index (χ4n) is 2.33. The molecular weight excluding hydrogens is 274 g/mol. The van der Waals surface area contributed by atoms with E-state index < -0.39 is 0 Å². The number of halogens is 1. The van der Waals surface area contributed by atoms with Gasteiger partial charge in [-0.2, -0.15) is 0 Å². The van der Waals surface area contributed by atoms with Gasteiger partial charge in [-0.05, 0) is 36.1 Å². The number of fused-ring (bicyclic) bond motifs is 1. The van der Waals surface area contributed by atoms with Crippen LogP contribution in [-0.2, 0) is 0 Å². The third-order valence-corrected chi connectivity index (χ3v) is 4.72. The third-order valence-electron chi connectivity index (χ3n) is 3.31. The maximum Gasteiger partial charge on any atom is 0.0652 e. The van der Waals surface area contributed by atoms with Gasteiger partial charge in [-0.3, -0.25) is 0 Å². The lowest BCUT2D eigenvalue weighted by atomic mass is 9.98. The molecule has 0 radical (unpaired) electrons. The van der Waals surface area contributed by atoms with Gasteiger partial charge in [0.2, 0.25) is 0 Å². The molecule has 0 saturated heterocycles. The van der Waals surface area contributed by atoms with Crippen LogP contribution >= 0.6 is 22.9 Å². The lowest BCUT2D eigenvalue weighted by Gasteiger charge is -2.14. The van der Waals surface area contributed by atoms with E-state index in [0.29, 0.717) is 0 Å². The topological polar surface area (TPSA) is 26.0 Å². The summed E-state index contributed by atoms with van der Waals surface area (Å²) < 4.78 is 0. The van der Waals surface area contributed by atoms with E-state index in [9.17, 15) is 0 Å². The second kappa shape index (κ2) is 4.97. The van der Waals surface area contributed by atoms with Crippen molar-refractivity contribution in [3.8, 4) is 0 Å². The summed E-state index contributed by atoms with van der Waals surface area (Å²) >= 11 is 7.99. The first kappa shape index (κ1) is 12.7. The van der Waals surface area contributed by atoms with E-state index in [1.165, 1.54) is 9.75 Å². The number of benzene rings is 2. The quantitative estimate of drug-likeness (QED) is 0.712. The van der Waals surface area contributed by atoms with Crippen molar-refractivity contribution in [2.75, 3.05) is 0 Å². The van der Waals surface area contributed by atoms with Gasteiger partial charge >= 0.3 is 0 Å². The predicted octanol–water partition coefficient (Wildman–Crippen LogP) is 4.91. The molecule has 1 aromatic heterocycles. The van der Waals surface area contributed by atoms with Crippen LogP contribution in [0.2, 0.25) is 5.02 Å². The lowest BCUT2D eigenvalue weighted by molar-refractivity contribution is 0.903. The maximum absolute atomic E-state index is 6.41. The van der Waals surface area contributed by atoms with Crippen LogP contribution in [-0.4, -0.2) is 0 Å². The average molecular weight is 288 g/mol. The Morgan fingerprint density at radius 2 is 1.74 bits per heavy atom. The third kappa shape index (κ3) is 2.27. The number of thiophene rings is 1. The van der Waals surface area contributed by atoms with Gasteiger partial charge < -0.3 is 5.73 Å². The molecule has 19 heavy (non-hydrogen) atoms. The molecule has 3 rings (SSSR count). The first-order valence-electron chi connectivity index (χ1n) is 6.16. The van der Waals surface area contributed by atoms with E-state index in [-0.39, 0.29) is 6.04 Å². The Morgan fingerprint density at radius 1 is 1.00 bits per heavy atom. The van der Waals surface area contributed by atoms with Gasteiger partial charge in [-0.25, -0.2) is 0 Å². The fraction of sp³-hybridized carbons (Fsp3) is 0.125. The summed E-state index contributed by atoms with van der Waals surface area (Å²) in [6.07, 6.45) is 0. The molecule has 1 nitrogen and oxygen atoms in total. The Labute approximate surface area is 121 Å². The number of aryl methyl sites for hydroxylation is 1.